The van der Waals surface area contributed by atoms with Crippen molar-refractivity contribution in [1.29, 1.82) is 0 Å². The van der Waals surface area contributed by atoms with Crippen LogP contribution in [-0.2, 0) is 11.2 Å². The monoisotopic (exact) mass is 386 g/mol. The molecule has 0 spiro atoms. The molecular formula is C20H30N6O2. The van der Waals surface area contributed by atoms with Gasteiger partial charge in [0.05, 0.1) is 11.7 Å². The van der Waals surface area contributed by atoms with Crippen LogP contribution in [0.15, 0.2) is 35.6 Å². The topological polar surface area (TPSA) is 83.3 Å². The summed E-state index contributed by atoms with van der Waals surface area (Å²) in [7, 11) is 1.78. The number of rotatable bonds is 4. The highest BCUT2D eigenvalue weighted by atomic mass is 16.6. The van der Waals surface area contributed by atoms with Gasteiger partial charge in [0.15, 0.2) is 5.96 Å². The fraction of sp³-hybridized carbons (Fsp3) is 0.550. The molecule has 8 nitrogen and oxygen atoms in total. The molecule has 3 rings (SSSR count). The second-order valence-corrected chi connectivity index (χ2v) is 8.00. The average molecular weight is 387 g/mol. The van der Waals surface area contributed by atoms with Crippen molar-refractivity contribution in [2.75, 3.05) is 26.7 Å². The van der Waals surface area contributed by atoms with Crippen LogP contribution in [0.1, 0.15) is 32.9 Å². The van der Waals surface area contributed by atoms with Crippen LogP contribution in [0.4, 0.5) is 4.79 Å². The number of carbonyl (C=O) groups is 1. The maximum Gasteiger partial charge on any atom is 0.407 e. The lowest BCUT2D eigenvalue weighted by Crippen LogP contribution is -2.44. The zero-order valence-electron chi connectivity index (χ0n) is 17.1. The molecule has 1 saturated heterocycles. The van der Waals surface area contributed by atoms with Gasteiger partial charge in [-0.3, -0.25) is 4.99 Å². The first-order chi connectivity index (χ1) is 13.3. The number of hydrogen-bond acceptors (Lipinski definition) is 4. The van der Waals surface area contributed by atoms with Crippen molar-refractivity contribution >= 4 is 17.7 Å². The Balaban J connectivity index is 1.46. The van der Waals surface area contributed by atoms with E-state index >= 15 is 0 Å². The highest BCUT2D eigenvalue weighted by molar-refractivity contribution is 5.80. The molecule has 1 unspecified atom stereocenters. The molecule has 0 saturated carbocycles. The molecule has 28 heavy (non-hydrogen) atoms. The SMILES string of the molecule is CN=C(NCCc1cn2ccccc2n1)N1CCC(NC(=O)OC(C)(C)C)C1. The van der Waals surface area contributed by atoms with E-state index in [9.17, 15) is 4.79 Å². The number of fused-ring (bicyclic) bond motifs is 1. The maximum atomic E-state index is 12.0. The molecule has 3 heterocycles. The lowest BCUT2D eigenvalue weighted by molar-refractivity contribution is 0.0507. The van der Waals surface area contributed by atoms with Crippen LogP contribution in [0.25, 0.3) is 5.65 Å². The van der Waals surface area contributed by atoms with Crippen molar-refractivity contribution in [2.45, 2.75) is 45.3 Å². The summed E-state index contributed by atoms with van der Waals surface area (Å²) in [6.07, 6.45) is 5.37. The fourth-order valence-electron chi connectivity index (χ4n) is 3.29. The molecule has 1 amide bonds. The number of amides is 1. The van der Waals surface area contributed by atoms with E-state index in [-0.39, 0.29) is 12.1 Å². The Bertz CT molecular complexity index is 806. The molecule has 152 valence electrons. The van der Waals surface area contributed by atoms with Crippen LogP contribution in [0.2, 0.25) is 0 Å². The first-order valence-electron chi connectivity index (χ1n) is 9.72. The third-order valence-corrected chi connectivity index (χ3v) is 4.50. The summed E-state index contributed by atoms with van der Waals surface area (Å²) >= 11 is 0. The molecule has 2 N–H and O–H groups in total. The summed E-state index contributed by atoms with van der Waals surface area (Å²) in [5.41, 5.74) is 1.51. The second kappa shape index (κ2) is 8.50. The minimum atomic E-state index is -0.488. The lowest BCUT2D eigenvalue weighted by atomic mass is 10.2. The number of pyridine rings is 1. The second-order valence-electron chi connectivity index (χ2n) is 8.00. The fourth-order valence-corrected chi connectivity index (χ4v) is 3.29. The smallest absolute Gasteiger partial charge is 0.407 e. The van der Waals surface area contributed by atoms with Gasteiger partial charge in [-0.1, -0.05) is 6.07 Å². The largest absolute Gasteiger partial charge is 0.444 e. The predicted molar refractivity (Wildman–Crippen MR) is 110 cm³/mol. The van der Waals surface area contributed by atoms with Crippen molar-refractivity contribution in [1.82, 2.24) is 24.9 Å². The standard InChI is InChI=1S/C20H30N6O2/c1-20(2,3)28-19(27)24-16-9-12-26(14-16)18(21-4)22-10-8-15-13-25-11-6-5-7-17(25)23-15/h5-7,11,13,16H,8-10,12,14H2,1-4H3,(H,21,22)(H,24,27). The van der Waals surface area contributed by atoms with E-state index in [0.717, 1.165) is 43.2 Å². The highest BCUT2D eigenvalue weighted by Gasteiger charge is 2.27. The van der Waals surface area contributed by atoms with E-state index in [1.165, 1.54) is 0 Å². The number of aliphatic imine (C=N–C) groups is 1. The quantitative estimate of drug-likeness (QED) is 0.621. The molecule has 8 heteroatoms. The van der Waals surface area contributed by atoms with E-state index in [4.69, 9.17) is 4.74 Å². The van der Waals surface area contributed by atoms with Gasteiger partial charge < -0.3 is 24.7 Å². The summed E-state index contributed by atoms with van der Waals surface area (Å²) in [4.78, 5) is 23.1. The van der Waals surface area contributed by atoms with Crippen LogP contribution in [-0.4, -0.2) is 64.7 Å². The molecular weight excluding hydrogens is 356 g/mol. The first kappa shape index (κ1) is 20.0. The molecule has 2 aromatic heterocycles. The molecule has 2 aromatic rings. The number of alkyl carbamates (subject to hydrolysis) is 1. The number of imidazole rings is 1. The summed E-state index contributed by atoms with van der Waals surface area (Å²) in [5, 5.41) is 6.34. The molecule has 0 bridgehead atoms. The van der Waals surface area contributed by atoms with Gasteiger partial charge in [0.25, 0.3) is 0 Å². The van der Waals surface area contributed by atoms with Gasteiger partial charge in [-0.25, -0.2) is 9.78 Å². The number of nitrogens with zero attached hydrogens (tertiary/aromatic N) is 4. The Morgan fingerprint density at radius 3 is 2.93 bits per heavy atom. The maximum absolute atomic E-state index is 12.0. The zero-order valence-corrected chi connectivity index (χ0v) is 17.1. The van der Waals surface area contributed by atoms with Crippen molar-refractivity contribution in [3.05, 3.63) is 36.3 Å². The Morgan fingerprint density at radius 2 is 2.21 bits per heavy atom. The summed E-state index contributed by atoms with van der Waals surface area (Å²) in [6, 6.07) is 6.04. The van der Waals surface area contributed by atoms with Gasteiger partial charge in [-0.05, 0) is 39.3 Å². The van der Waals surface area contributed by atoms with Crippen LogP contribution >= 0.6 is 0 Å². The van der Waals surface area contributed by atoms with Gasteiger partial charge >= 0.3 is 6.09 Å². The van der Waals surface area contributed by atoms with Gasteiger partial charge in [-0.15, -0.1) is 0 Å². The Morgan fingerprint density at radius 1 is 1.39 bits per heavy atom. The first-order valence-corrected chi connectivity index (χ1v) is 9.72. The molecule has 1 atom stereocenters. The molecule has 1 aliphatic heterocycles. The molecule has 1 aliphatic rings. The van der Waals surface area contributed by atoms with Crippen LogP contribution < -0.4 is 10.6 Å². The lowest BCUT2D eigenvalue weighted by Gasteiger charge is -2.23. The van der Waals surface area contributed by atoms with Gasteiger partial charge in [0.1, 0.15) is 11.2 Å². The van der Waals surface area contributed by atoms with E-state index in [2.05, 4.69) is 31.7 Å². The Hall–Kier alpha value is -2.77. The Kier molecular flexibility index (Phi) is 6.06. The summed E-state index contributed by atoms with van der Waals surface area (Å²) in [5.74, 6) is 0.845. The third kappa shape index (κ3) is 5.37. The van der Waals surface area contributed by atoms with Gasteiger partial charge in [0, 0.05) is 45.5 Å². The van der Waals surface area contributed by atoms with Crippen LogP contribution in [0.3, 0.4) is 0 Å². The van der Waals surface area contributed by atoms with Crippen molar-refractivity contribution in [3.63, 3.8) is 0 Å². The van der Waals surface area contributed by atoms with Crippen molar-refractivity contribution in [3.8, 4) is 0 Å². The van der Waals surface area contributed by atoms with Crippen molar-refractivity contribution in [2.24, 2.45) is 4.99 Å². The number of carbonyl (C=O) groups excluding carboxylic acids is 1. The molecule has 0 radical (unpaired) electrons. The predicted octanol–water partition coefficient (Wildman–Crippen LogP) is 2.05. The zero-order chi connectivity index (χ0) is 20.1. The number of nitrogens with one attached hydrogen (secondary N) is 2. The van der Waals surface area contributed by atoms with Gasteiger partial charge in [0.2, 0.25) is 0 Å². The molecule has 1 fully saturated rings. The van der Waals surface area contributed by atoms with Crippen molar-refractivity contribution < 1.29 is 9.53 Å². The average Bonchev–Trinajstić information content (AvgIpc) is 3.23. The minimum Gasteiger partial charge on any atom is -0.444 e. The van der Waals surface area contributed by atoms with Crippen LogP contribution in [0, 0.1) is 0 Å². The van der Waals surface area contributed by atoms with E-state index in [1.807, 2.05) is 49.6 Å². The van der Waals surface area contributed by atoms with E-state index in [0.29, 0.717) is 6.54 Å². The third-order valence-electron chi connectivity index (χ3n) is 4.50. The number of aromatic nitrogens is 2. The Labute approximate surface area is 166 Å². The number of hydrogen-bond donors (Lipinski definition) is 2. The normalized spacial score (nSPS) is 17.8. The number of ether oxygens (including phenoxy) is 1. The van der Waals surface area contributed by atoms with E-state index < -0.39 is 5.60 Å². The molecule has 0 aromatic carbocycles. The minimum absolute atomic E-state index is 0.0619. The van der Waals surface area contributed by atoms with E-state index in [1.54, 1.807) is 7.05 Å². The van der Waals surface area contributed by atoms with Gasteiger partial charge in [-0.2, -0.15) is 0 Å². The molecule has 0 aliphatic carbocycles. The van der Waals surface area contributed by atoms with Crippen LogP contribution in [0.5, 0.6) is 0 Å². The highest BCUT2D eigenvalue weighted by Crippen LogP contribution is 2.12. The number of likely N-dealkylation sites (tertiary alicyclic amines) is 1. The number of guanidine groups is 1. The summed E-state index contributed by atoms with van der Waals surface area (Å²) in [6.45, 7) is 7.89. The summed E-state index contributed by atoms with van der Waals surface area (Å²) < 4.78 is 7.36.